The van der Waals surface area contributed by atoms with Crippen LogP contribution in [0.5, 0.6) is 5.75 Å². The summed E-state index contributed by atoms with van der Waals surface area (Å²) in [7, 11) is -3.60. The third-order valence-corrected chi connectivity index (χ3v) is 6.67. The number of carbonyl (C=O) groups excluding carboxylic acids is 1. The number of nitrogens with zero attached hydrogens (tertiary/aromatic N) is 1. The van der Waals surface area contributed by atoms with Gasteiger partial charge in [0, 0.05) is 13.1 Å². The van der Waals surface area contributed by atoms with E-state index in [0.717, 1.165) is 0 Å². The van der Waals surface area contributed by atoms with E-state index in [1.54, 1.807) is 18.2 Å². The Morgan fingerprint density at radius 2 is 1.93 bits per heavy atom. The Morgan fingerprint density at radius 3 is 2.66 bits per heavy atom. The Bertz CT molecular complexity index is 947. The van der Waals surface area contributed by atoms with Gasteiger partial charge in [-0.3, -0.25) is 4.79 Å². The third-order valence-electron chi connectivity index (χ3n) is 4.86. The Balaban J connectivity index is 1.66. The number of ether oxygens (including phenoxy) is 1. The molecule has 8 heteroatoms. The van der Waals surface area contributed by atoms with Crippen LogP contribution in [0, 0.1) is 11.7 Å². The van der Waals surface area contributed by atoms with Gasteiger partial charge >= 0.3 is 0 Å². The largest absolute Gasteiger partial charge is 0.492 e. The Labute approximate surface area is 170 Å². The average Bonchev–Trinajstić information content (AvgIpc) is 2.71. The summed E-state index contributed by atoms with van der Waals surface area (Å²) in [5.74, 6) is -0.706. The predicted octanol–water partition coefficient (Wildman–Crippen LogP) is 3.40. The first kappa shape index (κ1) is 21.3. The van der Waals surface area contributed by atoms with Crippen molar-refractivity contribution in [1.82, 2.24) is 4.31 Å². The number of hydrogen-bond acceptors (Lipinski definition) is 4. The van der Waals surface area contributed by atoms with Gasteiger partial charge in [0.05, 0.1) is 24.0 Å². The molecule has 0 aromatic heterocycles. The van der Waals surface area contributed by atoms with Crippen molar-refractivity contribution in [3.63, 3.8) is 0 Å². The average molecular weight is 421 g/mol. The van der Waals surface area contributed by atoms with Gasteiger partial charge in [0.25, 0.3) is 0 Å². The number of sulfonamides is 1. The molecule has 0 aliphatic carbocycles. The van der Waals surface area contributed by atoms with Gasteiger partial charge in [0.1, 0.15) is 11.6 Å². The number of hydrogen-bond donors (Lipinski definition) is 1. The first-order valence-corrected chi connectivity index (χ1v) is 11.2. The van der Waals surface area contributed by atoms with Crippen molar-refractivity contribution < 1.29 is 22.3 Å². The van der Waals surface area contributed by atoms with Crippen LogP contribution in [0.25, 0.3) is 0 Å². The van der Waals surface area contributed by atoms with Gasteiger partial charge in [0.2, 0.25) is 15.9 Å². The first-order valence-electron chi connectivity index (χ1n) is 9.64. The van der Waals surface area contributed by atoms with Crippen LogP contribution in [-0.2, 0) is 20.6 Å². The van der Waals surface area contributed by atoms with E-state index in [9.17, 15) is 17.6 Å². The Morgan fingerprint density at radius 1 is 1.21 bits per heavy atom. The van der Waals surface area contributed by atoms with Gasteiger partial charge in [-0.1, -0.05) is 24.3 Å². The molecular formula is C21H25FN2O4S. The summed E-state index contributed by atoms with van der Waals surface area (Å²) in [6.07, 6.45) is 1.22. The molecule has 1 heterocycles. The van der Waals surface area contributed by atoms with Gasteiger partial charge in [-0.05, 0) is 49.6 Å². The highest BCUT2D eigenvalue weighted by molar-refractivity contribution is 7.88. The number of rotatable bonds is 7. The van der Waals surface area contributed by atoms with Gasteiger partial charge in [-0.2, -0.15) is 0 Å². The molecular weight excluding hydrogens is 395 g/mol. The van der Waals surface area contributed by atoms with E-state index in [2.05, 4.69) is 5.32 Å². The predicted molar refractivity (Wildman–Crippen MR) is 110 cm³/mol. The molecule has 1 aliphatic rings. The first-order chi connectivity index (χ1) is 13.9. The SMILES string of the molecule is CCOc1ccccc1NC(=O)[C@@H]1CCCN(S(=O)(=O)Cc2ccc(F)cc2)C1. The zero-order valence-electron chi connectivity index (χ0n) is 16.3. The smallest absolute Gasteiger partial charge is 0.228 e. The molecule has 1 aliphatic heterocycles. The number of anilines is 1. The molecule has 0 saturated carbocycles. The number of benzene rings is 2. The van der Waals surface area contributed by atoms with Crippen LogP contribution >= 0.6 is 0 Å². The quantitative estimate of drug-likeness (QED) is 0.745. The summed E-state index contributed by atoms with van der Waals surface area (Å²) in [6, 6.07) is 12.6. The molecule has 0 radical (unpaired) electrons. The van der Waals surface area contributed by atoms with E-state index < -0.39 is 21.8 Å². The minimum absolute atomic E-state index is 0.131. The molecule has 1 N–H and O–H groups in total. The molecule has 0 unspecified atom stereocenters. The summed E-state index contributed by atoms with van der Waals surface area (Å²) in [6.45, 7) is 2.85. The van der Waals surface area contributed by atoms with E-state index in [1.165, 1.54) is 28.6 Å². The molecule has 6 nitrogen and oxygen atoms in total. The zero-order chi connectivity index (χ0) is 20.9. The molecule has 2 aromatic carbocycles. The number of para-hydroxylation sites is 2. The van der Waals surface area contributed by atoms with Crippen molar-refractivity contribution in [3.05, 3.63) is 59.9 Å². The fourth-order valence-corrected chi connectivity index (χ4v) is 4.99. The van der Waals surface area contributed by atoms with Gasteiger partial charge in [-0.15, -0.1) is 0 Å². The molecule has 1 saturated heterocycles. The highest BCUT2D eigenvalue weighted by atomic mass is 32.2. The maximum absolute atomic E-state index is 13.1. The lowest BCUT2D eigenvalue weighted by Gasteiger charge is -2.31. The highest BCUT2D eigenvalue weighted by Gasteiger charge is 2.32. The van der Waals surface area contributed by atoms with Crippen molar-refractivity contribution >= 4 is 21.6 Å². The number of halogens is 1. The lowest BCUT2D eigenvalue weighted by atomic mass is 9.98. The van der Waals surface area contributed by atoms with E-state index >= 15 is 0 Å². The van der Waals surface area contributed by atoms with Crippen LogP contribution in [0.4, 0.5) is 10.1 Å². The fourth-order valence-electron chi connectivity index (χ4n) is 3.38. The van der Waals surface area contributed by atoms with Crippen LogP contribution in [0.3, 0.4) is 0 Å². The van der Waals surface area contributed by atoms with E-state index in [1.807, 2.05) is 13.0 Å². The maximum Gasteiger partial charge on any atom is 0.228 e. The van der Waals surface area contributed by atoms with Crippen molar-refractivity contribution in [2.24, 2.45) is 5.92 Å². The second kappa shape index (κ2) is 9.37. The van der Waals surface area contributed by atoms with Gasteiger partial charge in [0.15, 0.2) is 0 Å². The van der Waals surface area contributed by atoms with Crippen LogP contribution < -0.4 is 10.1 Å². The molecule has 29 heavy (non-hydrogen) atoms. The molecule has 2 aromatic rings. The number of carbonyl (C=O) groups is 1. The molecule has 156 valence electrons. The molecule has 3 rings (SSSR count). The van der Waals surface area contributed by atoms with Crippen LogP contribution in [0.15, 0.2) is 48.5 Å². The second-order valence-electron chi connectivity index (χ2n) is 7.00. The molecule has 1 fully saturated rings. The Hall–Kier alpha value is -2.45. The lowest BCUT2D eigenvalue weighted by Crippen LogP contribution is -2.44. The lowest BCUT2D eigenvalue weighted by molar-refractivity contribution is -0.120. The number of amides is 1. The van der Waals surface area contributed by atoms with Crippen molar-refractivity contribution in [1.29, 1.82) is 0 Å². The monoisotopic (exact) mass is 420 g/mol. The highest BCUT2D eigenvalue weighted by Crippen LogP contribution is 2.27. The van der Waals surface area contributed by atoms with Crippen molar-refractivity contribution in [2.45, 2.75) is 25.5 Å². The zero-order valence-corrected chi connectivity index (χ0v) is 17.1. The van der Waals surface area contributed by atoms with Gasteiger partial charge in [-0.25, -0.2) is 17.1 Å². The minimum atomic E-state index is -3.60. The summed E-state index contributed by atoms with van der Waals surface area (Å²) in [5, 5.41) is 2.87. The summed E-state index contributed by atoms with van der Waals surface area (Å²) < 4.78 is 45.5. The van der Waals surface area contributed by atoms with E-state index in [4.69, 9.17) is 4.74 Å². The van der Waals surface area contributed by atoms with E-state index in [-0.39, 0.29) is 18.2 Å². The summed E-state index contributed by atoms with van der Waals surface area (Å²) >= 11 is 0. The summed E-state index contributed by atoms with van der Waals surface area (Å²) in [4.78, 5) is 12.8. The van der Waals surface area contributed by atoms with Crippen LogP contribution in [0.2, 0.25) is 0 Å². The minimum Gasteiger partial charge on any atom is -0.492 e. The van der Waals surface area contributed by atoms with Gasteiger partial charge < -0.3 is 10.1 Å². The third kappa shape index (κ3) is 5.55. The van der Waals surface area contributed by atoms with Crippen LogP contribution in [-0.4, -0.2) is 38.3 Å². The maximum atomic E-state index is 13.1. The fraction of sp³-hybridized carbons (Fsp3) is 0.381. The molecule has 1 atom stereocenters. The molecule has 1 amide bonds. The molecule has 0 bridgehead atoms. The van der Waals surface area contributed by atoms with Crippen molar-refractivity contribution in [3.8, 4) is 5.75 Å². The topological polar surface area (TPSA) is 75.7 Å². The van der Waals surface area contributed by atoms with Crippen LogP contribution in [0.1, 0.15) is 25.3 Å². The normalized spacial score (nSPS) is 17.7. The number of piperidine rings is 1. The summed E-state index contributed by atoms with van der Waals surface area (Å²) in [5.41, 5.74) is 1.09. The Kier molecular flexibility index (Phi) is 6.87. The van der Waals surface area contributed by atoms with Crippen molar-refractivity contribution in [2.75, 3.05) is 25.0 Å². The number of nitrogens with one attached hydrogen (secondary N) is 1. The van der Waals surface area contributed by atoms with E-state index in [0.29, 0.717) is 43.0 Å². The molecule has 0 spiro atoms. The standard InChI is InChI=1S/C21H25FN2O4S/c1-2-28-20-8-4-3-7-19(20)23-21(25)17-6-5-13-24(14-17)29(26,27)15-16-9-11-18(22)12-10-16/h3-4,7-12,17H,2,5-6,13-15H2,1H3,(H,23,25)/t17-/m1/s1. The second-order valence-corrected chi connectivity index (χ2v) is 8.97.